The first-order valence-electron chi connectivity index (χ1n) is 8.53. The standard InChI is InChI=1S/C18H27ClN2/c19-18-10-6-5-7-16(18)15-20-11-13-21(14-12-20)17-8-3-1-2-4-9-17/h5-7,10,17H,1-4,8-9,11-15H2. The van der Waals surface area contributed by atoms with Crippen molar-refractivity contribution in [3.8, 4) is 0 Å². The van der Waals surface area contributed by atoms with E-state index in [1.165, 1.54) is 70.3 Å². The lowest BCUT2D eigenvalue weighted by molar-refractivity contribution is 0.0851. The van der Waals surface area contributed by atoms with Crippen molar-refractivity contribution in [3.63, 3.8) is 0 Å². The molecular formula is C18H27ClN2. The normalized spacial score (nSPS) is 23.1. The molecule has 116 valence electrons. The summed E-state index contributed by atoms with van der Waals surface area (Å²) in [7, 11) is 0. The number of hydrogen-bond donors (Lipinski definition) is 0. The maximum atomic E-state index is 6.27. The molecule has 2 fully saturated rings. The van der Waals surface area contributed by atoms with Crippen molar-refractivity contribution < 1.29 is 0 Å². The summed E-state index contributed by atoms with van der Waals surface area (Å²) in [6.45, 7) is 5.83. The molecule has 0 spiro atoms. The highest BCUT2D eigenvalue weighted by molar-refractivity contribution is 6.31. The molecule has 2 nitrogen and oxygen atoms in total. The maximum absolute atomic E-state index is 6.27. The van der Waals surface area contributed by atoms with Gasteiger partial charge in [0, 0.05) is 43.8 Å². The van der Waals surface area contributed by atoms with Crippen LogP contribution < -0.4 is 0 Å². The van der Waals surface area contributed by atoms with Gasteiger partial charge in [0.15, 0.2) is 0 Å². The summed E-state index contributed by atoms with van der Waals surface area (Å²) < 4.78 is 0. The van der Waals surface area contributed by atoms with E-state index in [1.807, 2.05) is 12.1 Å². The molecule has 3 heteroatoms. The first-order chi connectivity index (χ1) is 10.3. The maximum Gasteiger partial charge on any atom is 0.0451 e. The van der Waals surface area contributed by atoms with Gasteiger partial charge >= 0.3 is 0 Å². The lowest BCUT2D eigenvalue weighted by Crippen LogP contribution is -2.49. The molecule has 21 heavy (non-hydrogen) atoms. The van der Waals surface area contributed by atoms with Crippen molar-refractivity contribution in [2.45, 2.75) is 51.1 Å². The Morgan fingerprint density at radius 1 is 0.905 bits per heavy atom. The van der Waals surface area contributed by atoms with Crippen molar-refractivity contribution >= 4 is 11.6 Å². The van der Waals surface area contributed by atoms with E-state index in [1.54, 1.807) is 0 Å². The summed E-state index contributed by atoms with van der Waals surface area (Å²) in [5.41, 5.74) is 1.27. The lowest BCUT2D eigenvalue weighted by Gasteiger charge is -2.39. The first-order valence-corrected chi connectivity index (χ1v) is 8.90. The third-order valence-corrected chi connectivity index (χ3v) is 5.47. The van der Waals surface area contributed by atoms with Crippen LogP contribution in [0.25, 0.3) is 0 Å². The van der Waals surface area contributed by atoms with E-state index < -0.39 is 0 Å². The molecule has 0 amide bonds. The fraction of sp³-hybridized carbons (Fsp3) is 0.667. The first kappa shape index (κ1) is 15.3. The second kappa shape index (κ2) is 7.62. The average molecular weight is 307 g/mol. The molecule has 1 aromatic carbocycles. The van der Waals surface area contributed by atoms with Crippen LogP contribution >= 0.6 is 11.6 Å². The van der Waals surface area contributed by atoms with Crippen molar-refractivity contribution in [1.82, 2.24) is 9.80 Å². The average Bonchev–Trinajstić information content (AvgIpc) is 2.80. The second-order valence-electron chi connectivity index (χ2n) is 6.55. The lowest BCUT2D eigenvalue weighted by atomic mass is 10.1. The van der Waals surface area contributed by atoms with Gasteiger partial charge < -0.3 is 0 Å². The zero-order valence-electron chi connectivity index (χ0n) is 12.9. The van der Waals surface area contributed by atoms with Gasteiger partial charge in [-0.1, -0.05) is 55.5 Å². The Morgan fingerprint density at radius 2 is 1.57 bits per heavy atom. The predicted octanol–water partition coefficient (Wildman–Crippen LogP) is 4.18. The Balaban J connectivity index is 1.49. The highest BCUT2D eigenvalue weighted by Crippen LogP contribution is 2.24. The molecule has 1 saturated heterocycles. The van der Waals surface area contributed by atoms with Gasteiger partial charge in [0.05, 0.1) is 0 Å². The molecule has 0 unspecified atom stereocenters. The van der Waals surface area contributed by atoms with Gasteiger partial charge in [-0.3, -0.25) is 9.80 Å². The molecule has 0 radical (unpaired) electrons. The number of benzene rings is 1. The molecule has 1 aliphatic carbocycles. The third kappa shape index (κ3) is 4.21. The van der Waals surface area contributed by atoms with E-state index in [0.29, 0.717) is 0 Å². The van der Waals surface area contributed by atoms with Gasteiger partial charge in [-0.15, -0.1) is 0 Å². The van der Waals surface area contributed by atoms with Crippen LogP contribution in [-0.2, 0) is 6.54 Å². The van der Waals surface area contributed by atoms with E-state index in [9.17, 15) is 0 Å². The smallest absolute Gasteiger partial charge is 0.0451 e. The monoisotopic (exact) mass is 306 g/mol. The Labute approximate surface area is 134 Å². The Hall–Kier alpha value is -0.570. The van der Waals surface area contributed by atoms with Crippen LogP contribution in [0.15, 0.2) is 24.3 Å². The molecule has 1 aliphatic heterocycles. The van der Waals surface area contributed by atoms with Gasteiger partial charge in [0.25, 0.3) is 0 Å². The SMILES string of the molecule is Clc1ccccc1CN1CCN(C2CCCCCC2)CC1. The highest BCUT2D eigenvalue weighted by atomic mass is 35.5. The van der Waals surface area contributed by atoms with Crippen LogP contribution in [0.5, 0.6) is 0 Å². The van der Waals surface area contributed by atoms with Gasteiger partial charge in [-0.05, 0) is 24.5 Å². The molecule has 1 saturated carbocycles. The number of rotatable bonds is 3. The summed E-state index contributed by atoms with van der Waals surface area (Å²) in [5.74, 6) is 0. The van der Waals surface area contributed by atoms with Gasteiger partial charge in [0.2, 0.25) is 0 Å². The topological polar surface area (TPSA) is 6.48 Å². The van der Waals surface area contributed by atoms with Gasteiger partial charge in [-0.25, -0.2) is 0 Å². The summed E-state index contributed by atoms with van der Waals surface area (Å²) in [5, 5.41) is 0.906. The largest absolute Gasteiger partial charge is 0.298 e. The van der Waals surface area contributed by atoms with Crippen LogP contribution in [0.1, 0.15) is 44.1 Å². The van der Waals surface area contributed by atoms with Crippen molar-refractivity contribution in [1.29, 1.82) is 0 Å². The van der Waals surface area contributed by atoms with Crippen LogP contribution in [0.3, 0.4) is 0 Å². The summed E-state index contributed by atoms with van der Waals surface area (Å²) in [4.78, 5) is 5.29. The summed E-state index contributed by atoms with van der Waals surface area (Å²) >= 11 is 6.27. The molecule has 1 aromatic rings. The van der Waals surface area contributed by atoms with Gasteiger partial charge in [0.1, 0.15) is 0 Å². The fourth-order valence-electron chi connectivity index (χ4n) is 3.78. The van der Waals surface area contributed by atoms with E-state index in [4.69, 9.17) is 11.6 Å². The number of nitrogens with zero attached hydrogens (tertiary/aromatic N) is 2. The number of piperazine rings is 1. The predicted molar refractivity (Wildman–Crippen MR) is 89.8 cm³/mol. The third-order valence-electron chi connectivity index (χ3n) is 5.10. The minimum Gasteiger partial charge on any atom is -0.298 e. The molecule has 0 N–H and O–H groups in total. The van der Waals surface area contributed by atoms with Crippen molar-refractivity contribution in [2.75, 3.05) is 26.2 Å². The molecule has 1 heterocycles. The van der Waals surface area contributed by atoms with E-state index in [-0.39, 0.29) is 0 Å². The Bertz CT molecular complexity index is 433. The summed E-state index contributed by atoms with van der Waals surface area (Å²) in [6.07, 6.45) is 8.61. The fourth-order valence-corrected chi connectivity index (χ4v) is 3.97. The molecule has 2 aliphatic rings. The van der Waals surface area contributed by atoms with Crippen LogP contribution in [-0.4, -0.2) is 42.0 Å². The minimum atomic E-state index is 0.856. The molecule has 0 aromatic heterocycles. The van der Waals surface area contributed by atoms with Crippen molar-refractivity contribution in [3.05, 3.63) is 34.9 Å². The molecule has 3 rings (SSSR count). The Kier molecular flexibility index (Phi) is 5.56. The zero-order valence-corrected chi connectivity index (χ0v) is 13.7. The molecule has 0 atom stereocenters. The van der Waals surface area contributed by atoms with E-state index in [0.717, 1.165) is 17.6 Å². The van der Waals surface area contributed by atoms with E-state index >= 15 is 0 Å². The molecular weight excluding hydrogens is 280 g/mol. The Morgan fingerprint density at radius 3 is 2.24 bits per heavy atom. The minimum absolute atomic E-state index is 0.856. The number of hydrogen-bond acceptors (Lipinski definition) is 2. The van der Waals surface area contributed by atoms with Gasteiger partial charge in [-0.2, -0.15) is 0 Å². The number of halogens is 1. The summed E-state index contributed by atoms with van der Waals surface area (Å²) in [6, 6.07) is 9.10. The van der Waals surface area contributed by atoms with Crippen LogP contribution in [0.2, 0.25) is 5.02 Å². The second-order valence-corrected chi connectivity index (χ2v) is 6.96. The highest BCUT2D eigenvalue weighted by Gasteiger charge is 2.24. The van der Waals surface area contributed by atoms with E-state index in [2.05, 4.69) is 21.9 Å². The zero-order chi connectivity index (χ0) is 14.5. The van der Waals surface area contributed by atoms with Crippen LogP contribution in [0, 0.1) is 0 Å². The van der Waals surface area contributed by atoms with Crippen LogP contribution in [0.4, 0.5) is 0 Å². The van der Waals surface area contributed by atoms with Crippen molar-refractivity contribution in [2.24, 2.45) is 0 Å². The quantitative estimate of drug-likeness (QED) is 0.773. The molecule has 0 bridgehead atoms.